The lowest BCUT2D eigenvalue weighted by Gasteiger charge is -2.35. The molecule has 4 nitrogen and oxygen atoms in total. The van der Waals surface area contributed by atoms with Crippen LogP contribution in [0.4, 0.5) is 19.3 Å². The molecule has 2 aliphatic rings. The van der Waals surface area contributed by atoms with Crippen LogP contribution in [-0.4, -0.2) is 48.1 Å². The summed E-state index contributed by atoms with van der Waals surface area (Å²) in [5.74, 6) is -1.45. The maximum Gasteiger partial charge on any atom is 0.322 e. The Balaban J connectivity index is 1.49. The molecule has 1 aliphatic carbocycles. The molecule has 1 heterocycles. The van der Waals surface area contributed by atoms with Crippen molar-refractivity contribution in [3.63, 3.8) is 0 Å². The van der Waals surface area contributed by atoms with Gasteiger partial charge in [0.25, 0.3) is 0 Å². The van der Waals surface area contributed by atoms with Crippen molar-refractivity contribution in [1.29, 1.82) is 0 Å². The molecule has 0 bridgehead atoms. The van der Waals surface area contributed by atoms with Gasteiger partial charge in [-0.3, -0.25) is 0 Å². The Hall–Kier alpha value is -2.15. The van der Waals surface area contributed by atoms with Crippen LogP contribution >= 0.6 is 23.2 Å². The smallest absolute Gasteiger partial charge is 0.320 e. The molecule has 176 valence electrons. The lowest BCUT2D eigenvalue weighted by molar-refractivity contribution is 0.170. The number of amides is 2. The predicted molar refractivity (Wildman–Crippen MR) is 130 cm³/mol. The zero-order valence-corrected chi connectivity index (χ0v) is 19.8. The molecular formula is C25H27Cl2F2N3O. The van der Waals surface area contributed by atoms with Crippen LogP contribution in [-0.2, 0) is 0 Å². The zero-order chi connectivity index (χ0) is 23.4. The standard InChI is InChI=1S/C25H27Cl2F2N3O/c26-19-11-18(12-20(27)13-19)17-3-5-24(6-4-17)32(10-9-31-7-1-2-8-31)25(33)30-23-15-21(28)14-22(29)16-23/h3,11-16,24H,1-2,4-10H2,(H,30,33). The Morgan fingerprint density at radius 3 is 2.30 bits per heavy atom. The van der Waals surface area contributed by atoms with E-state index in [1.165, 1.54) is 12.8 Å². The molecule has 0 saturated carbocycles. The highest BCUT2D eigenvalue weighted by Gasteiger charge is 2.27. The molecule has 0 radical (unpaired) electrons. The molecule has 33 heavy (non-hydrogen) atoms. The fraction of sp³-hybridized carbons (Fsp3) is 0.400. The Labute approximate surface area is 203 Å². The van der Waals surface area contributed by atoms with E-state index in [1.54, 1.807) is 11.0 Å². The average Bonchev–Trinajstić information content (AvgIpc) is 3.26. The maximum atomic E-state index is 13.6. The van der Waals surface area contributed by atoms with Crippen molar-refractivity contribution in [2.24, 2.45) is 0 Å². The van der Waals surface area contributed by atoms with Crippen LogP contribution in [0.1, 0.15) is 37.7 Å². The normalized spacial score (nSPS) is 18.8. The summed E-state index contributed by atoms with van der Waals surface area (Å²) < 4.78 is 27.2. The van der Waals surface area contributed by atoms with Gasteiger partial charge < -0.3 is 15.1 Å². The van der Waals surface area contributed by atoms with Gasteiger partial charge in [0.05, 0.1) is 0 Å². The number of hydrogen-bond acceptors (Lipinski definition) is 2. The number of likely N-dealkylation sites (tertiary alicyclic amines) is 1. The van der Waals surface area contributed by atoms with Gasteiger partial charge in [-0.05, 0) is 86.7 Å². The molecule has 1 N–H and O–H groups in total. The Bertz CT molecular complexity index is 1000. The first kappa shape index (κ1) is 24.0. The summed E-state index contributed by atoms with van der Waals surface area (Å²) >= 11 is 12.3. The monoisotopic (exact) mass is 493 g/mol. The topological polar surface area (TPSA) is 35.6 Å². The van der Waals surface area contributed by atoms with Crippen molar-refractivity contribution >= 4 is 40.5 Å². The van der Waals surface area contributed by atoms with E-state index in [4.69, 9.17) is 23.2 Å². The summed E-state index contributed by atoms with van der Waals surface area (Å²) in [5.41, 5.74) is 2.27. The third kappa shape index (κ3) is 6.46. The van der Waals surface area contributed by atoms with Crippen LogP contribution in [0.2, 0.25) is 10.0 Å². The molecule has 1 saturated heterocycles. The molecule has 1 unspecified atom stereocenters. The van der Waals surface area contributed by atoms with Gasteiger partial charge in [0, 0.05) is 40.9 Å². The summed E-state index contributed by atoms with van der Waals surface area (Å²) in [6.45, 7) is 3.41. The van der Waals surface area contributed by atoms with Crippen molar-refractivity contribution in [2.45, 2.75) is 38.1 Å². The van der Waals surface area contributed by atoms with Gasteiger partial charge in [-0.15, -0.1) is 0 Å². The van der Waals surface area contributed by atoms with E-state index in [2.05, 4.69) is 16.3 Å². The molecule has 1 atom stereocenters. The van der Waals surface area contributed by atoms with Crippen molar-refractivity contribution < 1.29 is 13.6 Å². The SMILES string of the molecule is O=C(Nc1cc(F)cc(F)c1)N(CCN1CCCC1)C1CC=C(c2cc(Cl)cc(Cl)c2)CC1. The lowest BCUT2D eigenvalue weighted by Crippen LogP contribution is -2.47. The Morgan fingerprint density at radius 2 is 1.70 bits per heavy atom. The number of anilines is 1. The number of nitrogens with one attached hydrogen (secondary N) is 1. The van der Waals surface area contributed by atoms with Gasteiger partial charge in [-0.25, -0.2) is 13.6 Å². The minimum Gasteiger partial charge on any atom is -0.320 e. The molecule has 2 amide bonds. The third-order valence-electron chi connectivity index (χ3n) is 6.29. The maximum absolute atomic E-state index is 13.6. The van der Waals surface area contributed by atoms with Gasteiger partial charge in [0.15, 0.2) is 0 Å². The summed E-state index contributed by atoms with van der Waals surface area (Å²) in [6.07, 6.45) is 6.72. The summed E-state index contributed by atoms with van der Waals surface area (Å²) in [7, 11) is 0. The van der Waals surface area contributed by atoms with Gasteiger partial charge in [0.1, 0.15) is 11.6 Å². The van der Waals surface area contributed by atoms with Crippen LogP contribution in [0.5, 0.6) is 0 Å². The summed E-state index contributed by atoms with van der Waals surface area (Å²) in [6, 6.07) is 8.19. The van der Waals surface area contributed by atoms with E-state index >= 15 is 0 Å². The highest BCUT2D eigenvalue weighted by Crippen LogP contribution is 2.32. The quantitative estimate of drug-likeness (QED) is 0.478. The molecule has 0 spiro atoms. The van der Waals surface area contributed by atoms with Crippen molar-refractivity contribution in [2.75, 3.05) is 31.5 Å². The molecule has 8 heteroatoms. The number of halogens is 4. The molecule has 2 aromatic rings. The average molecular weight is 494 g/mol. The number of benzene rings is 2. The van der Waals surface area contributed by atoms with Gasteiger partial charge in [-0.2, -0.15) is 0 Å². The van der Waals surface area contributed by atoms with Crippen molar-refractivity contribution in [3.05, 3.63) is 69.7 Å². The number of nitrogens with zero attached hydrogens (tertiary/aromatic N) is 2. The number of carbonyl (C=O) groups is 1. The first-order valence-electron chi connectivity index (χ1n) is 11.3. The van der Waals surface area contributed by atoms with Gasteiger partial charge in [0.2, 0.25) is 0 Å². The molecule has 2 aromatic carbocycles. The van der Waals surface area contributed by atoms with Crippen molar-refractivity contribution in [3.8, 4) is 0 Å². The van der Waals surface area contributed by atoms with Gasteiger partial charge in [-0.1, -0.05) is 29.3 Å². The van der Waals surface area contributed by atoms with E-state index in [0.29, 0.717) is 23.0 Å². The van der Waals surface area contributed by atoms with E-state index in [9.17, 15) is 13.6 Å². The zero-order valence-electron chi connectivity index (χ0n) is 18.3. The molecule has 1 aliphatic heterocycles. The van der Waals surface area contributed by atoms with Crippen LogP contribution in [0, 0.1) is 11.6 Å². The number of rotatable bonds is 6. The Kier molecular flexibility index (Phi) is 7.89. The number of allylic oxidation sites excluding steroid dienone is 1. The number of hydrogen-bond donors (Lipinski definition) is 1. The first-order chi connectivity index (χ1) is 15.9. The fourth-order valence-electron chi connectivity index (χ4n) is 4.63. The van der Waals surface area contributed by atoms with E-state index in [0.717, 1.165) is 61.8 Å². The molecular weight excluding hydrogens is 467 g/mol. The van der Waals surface area contributed by atoms with Crippen LogP contribution in [0.3, 0.4) is 0 Å². The minimum absolute atomic E-state index is 0.00980. The molecule has 0 aromatic heterocycles. The van der Waals surface area contributed by atoms with Crippen molar-refractivity contribution in [1.82, 2.24) is 9.80 Å². The highest BCUT2D eigenvalue weighted by atomic mass is 35.5. The van der Waals surface area contributed by atoms with E-state index in [-0.39, 0.29) is 17.8 Å². The molecule has 4 rings (SSSR count). The van der Waals surface area contributed by atoms with Gasteiger partial charge >= 0.3 is 6.03 Å². The number of carbonyl (C=O) groups excluding carboxylic acids is 1. The Morgan fingerprint density at radius 1 is 1.03 bits per heavy atom. The third-order valence-corrected chi connectivity index (χ3v) is 6.72. The number of urea groups is 1. The highest BCUT2D eigenvalue weighted by molar-refractivity contribution is 6.34. The second kappa shape index (κ2) is 10.9. The van der Waals surface area contributed by atoms with E-state index < -0.39 is 11.6 Å². The second-order valence-electron chi connectivity index (χ2n) is 8.65. The summed E-state index contributed by atoms with van der Waals surface area (Å²) in [4.78, 5) is 17.3. The van der Waals surface area contributed by atoms with E-state index in [1.807, 2.05) is 12.1 Å². The fourth-order valence-corrected chi connectivity index (χ4v) is 5.16. The van der Waals surface area contributed by atoms with Crippen LogP contribution < -0.4 is 5.32 Å². The first-order valence-corrected chi connectivity index (χ1v) is 12.0. The van der Waals surface area contributed by atoms with Crippen LogP contribution in [0.25, 0.3) is 5.57 Å². The minimum atomic E-state index is -0.723. The lowest BCUT2D eigenvalue weighted by atomic mass is 9.90. The summed E-state index contributed by atoms with van der Waals surface area (Å²) in [5, 5.41) is 3.87. The largest absolute Gasteiger partial charge is 0.322 e. The predicted octanol–water partition coefficient (Wildman–Crippen LogP) is 6.84. The molecule has 1 fully saturated rings. The second-order valence-corrected chi connectivity index (χ2v) is 9.52. The van der Waals surface area contributed by atoms with Crippen LogP contribution in [0.15, 0.2) is 42.5 Å².